The zero-order valence-electron chi connectivity index (χ0n) is 28.8. The molecule has 2 fully saturated rings. The summed E-state index contributed by atoms with van der Waals surface area (Å²) in [6, 6.07) is 10.0. The number of aryl methyl sites for hydroxylation is 1. The summed E-state index contributed by atoms with van der Waals surface area (Å²) in [5, 5.41) is 15.0. The molecule has 2 aliphatic heterocycles. The smallest absolute Gasteiger partial charge is 0.393 e. The molecule has 51 heavy (non-hydrogen) atoms. The van der Waals surface area contributed by atoms with Crippen LogP contribution in [0.4, 0.5) is 19.0 Å². The van der Waals surface area contributed by atoms with Gasteiger partial charge in [0.05, 0.1) is 18.1 Å². The second-order valence-corrected chi connectivity index (χ2v) is 16.4. The molecular weight excluding hydrogens is 706 g/mol. The van der Waals surface area contributed by atoms with Gasteiger partial charge >= 0.3 is 12.1 Å². The number of nitriles is 1. The molecule has 2 aliphatic rings. The van der Waals surface area contributed by atoms with Gasteiger partial charge < -0.3 is 14.6 Å². The summed E-state index contributed by atoms with van der Waals surface area (Å²) >= 11 is 0.965. The molecular formula is C34H41F3N8O4S2. The second kappa shape index (κ2) is 15.0. The lowest BCUT2D eigenvalue weighted by Crippen LogP contribution is -2.48. The number of piperidine rings is 1. The summed E-state index contributed by atoms with van der Waals surface area (Å²) < 4.78 is 71.8. The molecule has 0 unspecified atom stereocenters. The van der Waals surface area contributed by atoms with Crippen molar-refractivity contribution in [2.24, 2.45) is 0 Å². The van der Waals surface area contributed by atoms with Crippen LogP contribution in [0.3, 0.4) is 0 Å². The van der Waals surface area contributed by atoms with Gasteiger partial charge in [0, 0.05) is 87.6 Å². The van der Waals surface area contributed by atoms with Crippen LogP contribution in [-0.2, 0) is 45.7 Å². The Balaban J connectivity index is 1.09. The largest absolute Gasteiger partial charge is 0.458 e. The van der Waals surface area contributed by atoms with E-state index in [4.69, 9.17) is 4.74 Å². The van der Waals surface area contributed by atoms with Gasteiger partial charge in [-0.05, 0) is 49.1 Å². The second-order valence-electron chi connectivity index (χ2n) is 13.3. The van der Waals surface area contributed by atoms with Crippen LogP contribution in [0.2, 0.25) is 0 Å². The number of alkyl halides is 3. The van der Waals surface area contributed by atoms with Crippen molar-refractivity contribution in [3.8, 4) is 6.07 Å². The number of piperazine rings is 1. The van der Waals surface area contributed by atoms with Crippen LogP contribution in [-0.4, -0.2) is 107 Å². The van der Waals surface area contributed by atoms with E-state index in [2.05, 4.69) is 50.2 Å². The third-order valence-corrected chi connectivity index (χ3v) is 11.9. The van der Waals surface area contributed by atoms with Gasteiger partial charge in [-0.2, -0.15) is 22.7 Å². The van der Waals surface area contributed by atoms with Crippen LogP contribution in [0.25, 0.3) is 21.1 Å². The average Bonchev–Trinajstić information content (AvgIpc) is 3.64. The first-order valence-corrected chi connectivity index (χ1v) is 19.5. The number of nitrogens with zero attached hydrogens (tertiary/aromatic N) is 7. The molecule has 6 rings (SSSR count). The molecule has 1 N–H and O–H groups in total. The van der Waals surface area contributed by atoms with E-state index in [9.17, 15) is 31.6 Å². The summed E-state index contributed by atoms with van der Waals surface area (Å²) in [5.74, 6) is 0.173. The van der Waals surface area contributed by atoms with Gasteiger partial charge in [0.15, 0.2) is 12.4 Å². The number of halogens is 3. The fourth-order valence-electron chi connectivity index (χ4n) is 6.86. The van der Waals surface area contributed by atoms with Crippen LogP contribution >= 0.6 is 11.3 Å². The summed E-state index contributed by atoms with van der Waals surface area (Å²) in [4.78, 5) is 25.4. The van der Waals surface area contributed by atoms with Gasteiger partial charge in [-0.25, -0.2) is 18.4 Å². The number of aromatic nitrogens is 3. The number of thiophene rings is 1. The molecule has 1 aromatic carbocycles. The molecule has 17 heteroatoms. The molecule has 0 atom stereocenters. The van der Waals surface area contributed by atoms with Crippen molar-refractivity contribution >= 4 is 54.3 Å². The zero-order chi connectivity index (χ0) is 36.5. The number of carbonyl (C=O) groups excluding carboxylic acids is 1. The Bertz CT molecular complexity index is 2060. The molecule has 12 nitrogen and oxygen atoms in total. The van der Waals surface area contributed by atoms with Crippen molar-refractivity contribution in [2.75, 3.05) is 57.4 Å². The molecule has 0 radical (unpaired) electrons. The first-order valence-electron chi connectivity index (χ1n) is 16.8. The van der Waals surface area contributed by atoms with E-state index >= 15 is 0 Å². The van der Waals surface area contributed by atoms with Gasteiger partial charge in [-0.1, -0.05) is 6.07 Å². The van der Waals surface area contributed by atoms with Gasteiger partial charge in [0.2, 0.25) is 10.0 Å². The highest BCUT2D eigenvalue weighted by atomic mass is 32.2. The molecule has 0 aliphatic carbocycles. The molecule has 5 heterocycles. The predicted octanol–water partition coefficient (Wildman–Crippen LogP) is 4.65. The molecule has 4 aromatic rings. The number of esters is 1. The van der Waals surface area contributed by atoms with Gasteiger partial charge in [0.25, 0.3) is 0 Å². The highest BCUT2D eigenvalue weighted by Gasteiger charge is 2.30. The number of ether oxygens (including phenoxy) is 1. The van der Waals surface area contributed by atoms with E-state index in [1.54, 1.807) is 0 Å². The fraction of sp³-hybridized carbons (Fsp3) is 0.529. The van der Waals surface area contributed by atoms with Gasteiger partial charge in [-0.15, -0.1) is 11.3 Å². The SMILES string of the molecule is CC(=O)OCc1nc(NC2CCN(Cc3ccc4c(cc(C#N)n4CCN4CCN(S(C)(=O)=O)CC4)c3C)CC2)c2cc(CC(F)(F)F)sc2n1. The minimum absolute atomic E-state index is 0.0389. The minimum Gasteiger partial charge on any atom is -0.458 e. The number of benzene rings is 1. The maximum absolute atomic E-state index is 13.2. The van der Waals surface area contributed by atoms with Crippen molar-refractivity contribution in [3.05, 3.63) is 51.8 Å². The topological polar surface area (TPSA) is 137 Å². The summed E-state index contributed by atoms with van der Waals surface area (Å²) in [5.41, 5.74) is 3.90. The molecule has 0 spiro atoms. The summed E-state index contributed by atoms with van der Waals surface area (Å²) in [6.45, 7) is 9.11. The number of hydrogen-bond donors (Lipinski definition) is 1. The Morgan fingerprint density at radius 3 is 2.43 bits per heavy atom. The normalized spacial score (nSPS) is 17.3. The standard InChI is InChI=1S/C34H41F3N8O4S2/c1-22-24(4-5-30-28(22)16-26(19-38)45(30)15-12-42-10-13-44(14-11-42)51(3,47)48)20-43-8-6-25(7-9-43)39-32-29-17-27(18-34(35,36)37)50-33(29)41-31(40-32)21-49-23(2)46/h4-5,16-17,25H,6-15,18,20-21H2,1-3H3,(H,39,40,41). The van der Waals surface area contributed by atoms with E-state index in [-0.39, 0.29) is 23.4 Å². The Labute approximate surface area is 298 Å². The average molecular weight is 747 g/mol. The lowest BCUT2D eigenvalue weighted by Gasteiger charge is -2.33. The predicted molar refractivity (Wildman–Crippen MR) is 189 cm³/mol. The van der Waals surface area contributed by atoms with Crippen LogP contribution < -0.4 is 5.32 Å². The Kier molecular flexibility index (Phi) is 10.9. The fourth-order valence-corrected chi connectivity index (χ4v) is 8.77. The summed E-state index contributed by atoms with van der Waals surface area (Å²) in [6.07, 6.45) is -2.58. The number of fused-ring (bicyclic) bond motifs is 2. The highest BCUT2D eigenvalue weighted by molar-refractivity contribution is 7.88. The number of carbonyl (C=O) groups is 1. The number of likely N-dealkylation sites (tertiary alicyclic amines) is 1. The van der Waals surface area contributed by atoms with E-state index in [0.29, 0.717) is 54.5 Å². The monoisotopic (exact) mass is 746 g/mol. The van der Waals surface area contributed by atoms with Crippen molar-refractivity contribution in [3.63, 3.8) is 0 Å². The van der Waals surface area contributed by atoms with Gasteiger partial charge in [-0.3, -0.25) is 14.6 Å². The van der Waals surface area contributed by atoms with Crippen LogP contribution in [0, 0.1) is 18.3 Å². The van der Waals surface area contributed by atoms with Gasteiger partial charge in [0.1, 0.15) is 22.4 Å². The lowest BCUT2D eigenvalue weighted by molar-refractivity contribution is -0.142. The number of nitrogens with one attached hydrogen (secondary N) is 1. The van der Waals surface area contributed by atoms with Crippen molar-refractivity contribution in [1.82, 2.24) is 28.6 Å². The number of sulfonamides is 1. The van der Waals surface area contributed by atoms with Crippen molar-refractivity contribution < 1.29 is 31.1 Å². The van der Waals surface area contributed by atoms with E-state index < -0.39 is 28.6 Å². The quantitative estimate of drug-likeness (QED) is 0.216. The molecule has 0 bridgehead atoms. The molecule has 274 valence electrons. The Hall–Kier alpha value is -3.82. The van der Waals surface area contributed by atoms with Crippen LogP contribution in [0.1, 0.15) is 47.3 Å². The maximum Gasteiger partial charge on any atom is 0.393 e. The maximum atomic E-state index is 13.2. The first kappa shape index (κ1) is 37.0. The lowest BCUT2D eigenvalue weighted by atomic mass is 10.0. The first-order chi connectivity index (χ1) is 24.2. The summed E-state index contributed by atoms with van der Waals surface area (Å²) in [7, 11) is -3.19. The minimum atomic E-state index is -4.35. The molecule has 0 amide bonds. The van der Waals surface area contributed by atoms with Crippen LogP contribution in [0.5, 0.6) is 0 Å². The van der Waals surface area contributed by atoms with Crippen LogP contribution in [0.15, 0.2) is 24.3 Å². The van der Waals surface area contributed by atoms with E-state index in [1.807, 2.05) is 10.6 Å². The number of hydrogen-bond acceptors (Lipinski definition) is 11. The van der Waals surface area contributed by atoms with Crippen molar-refractivity contribution in [2.45, 2.75) is 65.0 Å². The molecule has 0 saturated carbocycles. The van der Waals surface area contributed by atoms with E-state index in [0.717, 1.165) is 66.8 Å². The zero-order valence-corrected chi connectivity index (χ0v) is 30.4. The number of anilines is 1. The third-order valence-electron chi connectivity index (χ3n) is 9.61. The highest BCUT2D eigenvalue weighted by Crippen LogP contribution is 2.34. The molecule has 2 saturated heterocycles. The molecule has 3 aromatic heterocycles. The Morgan fingerprint density at radius 2 is 1.78 bits per heavy atom. The third kappa shape index (κ3) is 8.98. The Morgan fingerprint density at radius 1 is 1.06 bits per heavy atom. The van der Waals surface area contributed by atoms with E-state index in [1.165, 1.54) is 29.1 Å². The number of rotatable bonds is 11. The van der Waals surface area contributed by atoms with Crippen molar-refractivity contribution in [1.29, 1.82) is 5.26 Å².